The number of nitro groups is 1. The smallest absolute Gasteiger partial charge is 0.270 e. The number of nitro benzene ring substituents is 1. The van der Waals surface area contributed by atoms with Crippen molar-refractivity contribution in [3.8, 4) is 0 Å². The molecule has 0 aliphatic carbocycles. The van der Waals surface area contributed by atoms with Gasteiger partial charge in [-0.2, -0.15) is 0 Å². The third-order valence-electron chi connectivity index (χ3n) is 5.28. The van der Waals surface area contributed by atoms with Crippen LogP contribution in [-0.4, -0.2) is 62.6 Å². The maximum absolute atomic E-state index is 13.2. The number of amides is 1. The Morgan fingerprint density at radius 2 is 1.79 bits per heavy atom. The lowest BCUT2D eigenvalue weighted by atomic mass is 10.0. The molecule has 2 aliphatic rings. The van der Waals surface area contributed by atoms with E-state index in [2.05, 4.69) is 9.62 Å². The highest BCUT2D eigenvalue weighted by Gasteiger charge is 2.29. The van der Waals surface area contributed by atoms with Crippen LogP contribution in [0.4, 0.5) is 11.4 Å². The number of anilines is 1. The lowest BCUT2D eigenvalue weighted by Crippen LogP contribution is -2.46. The summed E-state index contributed by atoms with van der Waals surface area (Å²) in [6, 6.07) is 4.30. The standard InChI is InChI=1S/C18H26N4O5S/c1-28(26,27)19-14-7-11-21(12-8-14)18(23)16-13-15(22(24)25)5-6-17(16)20-9-3-2-4-10-20/h5-6,13-14,19H,2-4,7-12H2,1H3. The second-order valence-corrected chi connectivity index (χ2v) is 9.24. The minimum absolute atomic E-state index is 0.0993. The van der Waals surface area contributed by atoms with Crippen LogP contribution in [0.3, 0.4) is 0 Å². The first-order valence-electron chi connectivity index (χ1n) is 9.54. The Morgan fingerprint density at radius 3 is 2.36 bits per heavy atom. The van der Waals surface area contributed by atoms with Crippen LogP contribution in [0.25, 0.3) is 0 Å². The van der Waals surface area contributed by atoms with Gasteiger partial charge in [0.2, 0.25) is 10.0 Å². The van der Waals surface area contributed by atoms with Crippen molar-refractivity contribution >= 4 is 27.3 Å². The van der Waals surface area contributed by atoms with E-state index in [0.29, 0.717) is 31.5 Å². The summed E-state index contributed by atoms with van der Waals surface area (Å²) in [5.41, 5.74) is 0.995. The summed E-state index contributed by atoms with van der Waals surface area (Å²) >= 11 is 0. The number of non-ortho nitro benzene ring substituents is 1. The van der Waals surface area contributed by atoms with E-state index in [4.69, 9.17) is 0 Å². The molecule has 2 fully saturated rings. The van der Waals surface area contributed by atoms with E-state index in [1.165, 1.54) is 12.1 Å². The fraction of sp³-hybridized carbons (Fsp3) is 0.611. The second kappa shape index (κ2) is 8.44. The molecule has 0 aromatic heterocycles. The molecule has 0 atom stereocenters. The second-order valence-electron chi connectivity index (χ2n) is 7.46. The lowest BCUT2D eigenvalue weighted by molar-refractivity contribution is -0.384. The van der Waals surface area contributed by atoms with Gasteiger partial charge in [0.25, 0.3) is 11.6 Å². The normalized spacial score (nSPS) is 18.9. The number of hydrogen-bond donors (Lipinski definition) is 1. The molecule has 10 heteroatoms. The van der Waals surface area contributed by atoms with Crippen molar-refractivity contribution in [1.82, 2.24) is 9.62 Å². The number of nitrogens with zero attached hydrogens (tertiary/aromatic N) is 3. The summed E-state index contributed by atoms with van der Waals surface area (Å²) in [5, 5.41) is 11.2. The van der Waals surface area contributed by atoms with Crippen molar-refractivity contribution in [3.63, 3.8) is 0 Å². The SMILES string of the molecule is CS(=O)(=O)NC1CCN(C(=O)c2cc([N+](=O)[O-])ccc2N2CCCCC2)CC1. The van der Waals surface area contributed by atoms with Crippen LogP contribution in [0.15, 0.2) is 18.2 Å². The van der Waals surface area contributed by atoms with Gasteiger partial charge < -0.3 is 9.80 Å². The van der Waals surface area contributed by atoms with E-state index in [-0.39, 0.29) is 17.6 Å². The van der Waals surface area contributed by atoms with E-state index in [1.54, 1.807) is 11.0 Å². The molecule has 3 rings (SSSR count). The van der Waals surface area contributed by atoms with Crippen LogP contribution in [0.2, 0.25) is 0 Å². The zero-order chi connectivity index (χ0) is 20.3. The number of hydrogen-bond acceptors (Lipinski definition) is 6. The molecule has 1 amide bonds. The van der Waals surface area contributed by atoms with Crippen LogP contribution in [0.5, 0.6) is 0 Å². The van der Waals surface area contributed by atoms with Gasteiger partial charge in [-0.1, -0.05) is 0 Å². The number of nitrogens with one attached hydrogen (secondary N) is 1. The largest absolute Gasteiger partial charge is 0.371 e. The maximum Gasteiger partial charge on any atom is 0.270 e. The van der Waals surface area contributed by atoms with Gasteiger partial charge in [0.15, 0.2) is 0 Å². The van der Waals surface area contributed by atoms with Gasteiger partial charge in [0, 0.05) is 44.4 Å². The average Bonchev–Trinajstić information content (AvgIpc) is 2.67. The summed E-state index contributed by atoms with van der Waals surface area (Å²) in [6.07, 6.45) is 5.38. The molecule has 1 N–H and O–H groups in total. The van der Waals surface area contributed by atoms with Gasteiger partial charge in [-0.25, -0.2) is 13.1 Å². The van der Waals surface area contributed by atoms with Crippen molar-refractivity contribution in [2.45, 2.75) is 38.1 Å². The van der Waals surface area contributed by atoms with Crippen molar-refractivity contribution < 1.29 is 18.1 Å². The van der Waals surface area contributed by atoms with Crippen molar-refractivity contribution in [3.05, 3.63) is 33.9 Å². The minimum atomic E-state index is -3.29. The number of sulfonamides is 1. The third-order valence-corrected chi connectivity index (χ3v) is 6.04. The van der Waals surface area contributed by atoms with Gasteiger partial charge in [-0.05, 0) is 38.2 Å². The number of rotatable bonds is 5. The Morgan fingerprint density at radius 1 is 1.14 bits per heavy atom. The zero-order valence-corrected chi connectivity index (χ0v) is 16.8. The Hall–Kier alpha value is -2.20. The van der Waals surface area contributed by atoms with Crippen LogP contribution < -0.4 is 9.62 Å². The molecule has 0 unspecified atom stereocenters. The summed E-state index contributed by atoms with van der Waals surface area (Å²) in [6.45, 7) is 2.49. The van der Waals surface area contributed by atoms with Crippen LogP contribution >= 0.6 is 0 Å². The monoisotopic (exact) mass is 410 g/mol. The molecule has 0 saturated carbocycles. The van der Waals surface area contributed by atoms with Gasteiger partial charge in [0.05, 0.1) is 22.4 Å². The molecular formula is C18H26N4O5S. The van der Waals surface area contributed by atoms with Gasteiger partial charge in [-0.3, -0.25) is 14.9 Å². The highest BCUT2D eigenvalue weighted by molar-refractivity contribution is 7.88. The molecule has 2 heterocycles. The highest BCUT2D eigenvalue weighted by Crippen LogP contribution is 2.30. The molecule has 0 bridgehead atoms. The number of piperidine rings is 2. The Bertz CT molecular complexity index is 844. The summed E-state index contributed by atoms with van der Waals surface area (Å²) in [4.78, 5) is 27.7. The fourth-order valence-corrected chi connectivity index (χ4v) is 4.73. The number of carbonyl (C=O) groups is 1. The van der Waals surface area contributed by atoms with E-state index in [0.717, 1.165) is 44.3 Å². The first kappa shape index (κ1) is 20.5. The highest BCUT2D eigenvalue weighted by atomic mass is 32.2. The number of carbonyl (C=O) groups excluding carboxylic acids is 1. The van der Waals surface area contributed by atoms with Gasteiger partial charge in [0.1, 0.15) is 0 Å². The Balaban J connectivity index is 1.80. The summed E-state index contributed by atoms with van der Waals surface area (Å²) in [7, 11) is -3.29. The number of likely N-dealkylation sites (tertiary alicyclic amines) is 1. The molecule has 2 aliphatic heterocycles. The van der Waals surface area contributed by atoms with Gasteiger partial charge >= 0.3 is 0 Å². The van der Waals surface area contributed by atoms with Crippen LogP contribution in [0, 0.1) is 10.1 Å². The van der Waals surface area contributed by atoms with Crippen molar-refractivity contribution in [1.29, 1.82) is 0 Å². The van der Waals surface area contributed by atoms with E-state index >= 15 is 0 Å². The fourth-order valence-electron chi connectivity index (χ4n) is 3.89. The van der Waals surface area contributed by atoms with Gasteiger partial charge in [-0.15, -0.1) is 0 Å². The average molecular weight is 410 g/mol. The van der Waals surface area contributed by atoms with E-state index in [1.807, 2.05) is 0 Å². The van der Waals surface area contributed by atoms with Crippen molar-refractivity contribution in [2.75, 3.05) is 37.3 Å². The predicted molar refractivity (Wildman–Crippen MR) is 106 cm³/mol. The van der Waals surface area contributed by atoms with Crippen molar-refractivity contribution in [2.24, 2.45) is 0 Å². The lowest BCUT2D eigenvalue weighted by Gasteiger charge is -2.34. The van der Waals surface area contributed by atoms with E-state index in [9.17, 15) is 23.3 Å². The zero-order valence-electron chi connectivity index (χ0n) is 16.0. The van der Waals surface area contributed by atoms with Crippen LogP contribution in [0.1, 0.15) is 42.5 Å². The molecule has 0 spiro atoms. The quantitative estimate of drug-likeness (QED) is 0.584. The first-order valence-corrected chi connectivity index (χ1v) is 11.4. The molecular weight excluding hydrogens is 384 g/mol. The Kier molecular flexibility index (Phi) is 6.19. The minimum Gasteiger partial charge on any atom is -0.371 e. The predicted octanol–water partition coefficient (Wildman–Crippen LogP) is 1.74. The topological polar surface area (TPSA) is 113 Å². The molecule has 28 heavy (non-hydrogen) atoms. The molecule has 1 aromatic rings. The molecule has 0 radical (unpaired) electrons. The molecule has 2 saturated heterocycles. The molecule has 1 aromatic carbocycles. The Labute approximate surface area is 164 Å². The maximum atomic E-state index is 13.2. The van der Waals surface area contributed by atoms with Crippen LogP contribution in [-0.2, 0) is 10.0 Å². The number of benzene rings is 1. The van der Waals surface area contributed by atoms with E-state index < -0.39 is 14.9 Å². The molecule has 9 nitrogen and oxygen atoms in total. The third kappa shape index (κ3) is 4.99. The first-order chi connectivity index (χ1) is 13.2. The molecule has 154 valence electrons. The summed E-state index contributed by atoms with van der Waals surface area (Å²) < 4.78 is 25.4. The summed E-state index contributed by atoms with van der Waals surface area (Å²) in [5.74, 6) is -0.234.